The second-order valence-corrected chi connectivity index (χ2v) is 9.96. The number of aromatic nitrogens is 2. The first kappa shape index (κ1) is 22.6. The van der Waals surface area contributed by atoms with Gasteiger partial charge in [0.15, 0.2) is 5.82 Å². The number of anilines is 1. The van der Waals surface area contributed by atoms with Crippen LogP contribution in [0.15, 0.2) is 29.2 Å². The topological polar surface area (TPSA) is 118 Å². The zero-order chi connectivity index (χ0) is 21.6. The summed E-state index contributed by atoms with van der Waals surface area (Å²) in [6, 6.07) is 5.86. The minimum Gasteiger partial charge on any atom is -0.381 e. The summed E-state index contributed by atoms with van der Waals surface area (Å²) in [5.41, 5.74) is 7.51. The lowest BCUT2D eigenvalue weighted by molar-refractivity contribution is -0.134. The molecule has 2 heterocycles. The molecule has 1 atom stereocenters. The highest BCUT2D eigenvalue weighted by atomic mass is 32.2. The van der Waals surface area contributed by atoms with E-state index in [0.717, 1.165) is 48.7 Å². The molecule has 1 aliphatic heterocycles. The van der Waals surface area contributed by atoms with Gasteiger partial charge in [-0.15, -0.1) is 0 Å². The fourth-order valence-corrected chi connectivity index (χ4v) is 5.31. The van der Waals surface area contributed by atoms with E-state index >= 15 is 0 Å². The first-order valence-electron chi connectivity index (χ1n) is 10.3. The third kappa shape index (κ3) is 5.99. The number of nitrogens with two attached hydrogens (primary N) is 1. The summed E-state index contributed by atoms with van der Waals surface area (Å²) in [6.45, 7) is 3.27. The molecule has 1 fully saturated rings. The maximum absolute atomic E-state index is 13.1. The van der Waals surface area contributed by atoms with Gasteiger partial charge in [0, 0.05) is 13.1 Å². The first-order valence-corrected chi connectivity index (χ1v) is 12.5. The van der Waals surface area contributed by atoms with E-state index in [-0.39, 0.29) is 10.8 Å². The molecule has 10 heteroatoms. The minimum absolute atomic E-state index is 0.139. The van der Waals surface area contributed by atoms with E-state index in [2.05, 4.69) is 13.5 Å². The maximum Gasteiger partial charge on any atom is 0.241 e. The number of hydrogen-bond acceptors (Lipinski definition) is 7. The summed E-state index contributed by atoms with van der Waals surface area (Å²) >= 11 is 1.08. The van der Waals surface area contributed by atoms with Crippen LogP contribution in [0.4, 0.5) is 5.82 Å². The predicted molar refractivity (Wildman–Crippen MR) is 118 cm³/mol. The van der Waals surface area contributed by atoms with Crippen molar-refractivity contribution >= 4 is 33.5 Å². The predicted octanol–water partition coefficient (Wildman–Crippen LogP) is 2.50. The van der Waals surface area contributed by atoms with Crippen LogP contribution in [0.1, 0.15) is 49.8 Å². The second-order valence-electron chi connectivity index (χ2n) is 7.71. The molecule has 3 rings (SSSR count). The zero-order valence-electron chi connectivity index (χ0n) is 17.2. The molecule has 0 radical (unpaired) electrons. The van der Waals surface area contributed by atoms with E-state index in [9.17, 15) is 13.2 Å². The number of hydrogen-bond donors (Lipinski definition) is 2. The quantitative estimate of drug-likeness (QED) is 0.566. The van der Waals surface area contributed by atoms with Gasteiger partial charge in [-0.05, 0) is 57.6 Å². The van der Waals surface area contributed by atoms with Crippen LogP contribution in [-0.4, -0.2) is 47.1 Å². The number of nitrogens with zero attached hydrogens (tertiary/aromatic N) is 3. The SMILES string of the molecule is Cc1ccc(S(=O)(=O)NC(CCCCc2nsnc2N)C(=O)N2CCCCC2)cc1. The number of rotatable bonds is 9. The number of nitrogen functional groups attached to an aromatic ring is 1. The van der Waals surface area contributed by atoms with Gasteiger partial charge in [0.1, 0.15) is 6.04 Å². The number of benzene rings is 1. The van der Waals surface area contributed by atoms with Crippen LogP contribution in [0.25, 0.3) is 0 Å². The Morgan fingerprint density at radius 3 is 2.50 bits per heavy atom. The first-order chi connectivity index (χ1) is 14.4. The fraction of sp³-hybridized carbons (Fsp3) is 0.550. The molecule has 164 valence electrons. The summed E-state index contributed by atoms with van der Waals surface area (Å²) in [6.07, 6.45) is 5.55. The van der Waals surface area contributed by atoms with E-state index in [0.29, 0.717) is 38.2 Å². The van der Waals surface area contributed by atoms with Crippen molar-refractivity contribution in [3.63, 3.8) is 0 Å². The molecule has 1 amide bonds. The Balaban J connectivity index is 1.67. The Labute approximate surface area is 182 Å². The molecule has 30 heavy (non-hydrogen) atoms. The number of carbonyl (C=O) groups is 1. The molecule has 1 unspecified atom stereocenters. The van der Waals surface area contributed by atoms with Crippen molar-refractivity contribution in [3.05, 3.63) is 35.5 Å². The third-order valence-corrected chi connectivity index (χ3v) is 7.40. The van der Waals surface area contributed by atoms with E-state index < -0.39 is 16.1 Å². The van der Waals surface area contributed by atoms with Crippen molar-refractivity contribution in [2.24, 2.45) is 0 Å². The number of piperidine rings is 1. The standard InChI is InChI=1S/C20H29N5O3S2/c1-15-9-11-16(12-10-15)30(27,28)24-18(20(26)25-13-5-2-6-14-25)8-4-3-7-17-19(21)23-29-22-17/h9-12,18,24H,2-8,13-14H2,1H3,(H2,21,23). The number of aryl methyl sites for hydroxylation is 2. The van der Waals surface area contributed by atoms with Gasteiger partial charge in [0.25, 0.3) is 0 Å². The van der Waals surface area contributed by atoms with Gasteiger partial charge in [-0.1, -0.05) is 24.1 Å². The molecule has 0 spiro atoms. The van der Waals surface area contributed by atoms with Gasteiger partial charge in [0.2, 0.25) is 15.9 Å². The third-order valence-electron chi connectivity index (χ3n) is 5.34. The summed E-state index contributed by atoms with van der Waals surface area (Å²) in [7, 11) is -3.79. The fourth-order valence-electron chi connectivity index (χ4n) is 3.57. The smallest absolute Gasteiger partial charge is 0.241 e. The number of unbranched alkanes of at least 4 members (excludes halogenated alkanes) is 1. The molecule has 1 saturated heterocycles. The molecule has 1 aliphatic rings. The van der Waals surface area contributed by atoms with Crippen LogP contribution < -0.4 is 10.5 Å². The number of carbonyl (C=O) groups excluding carboxylic acids is 1. The Morgan fingerprint density at radius 1 is 1.17 bits per heavy atom. The second kappa shape index (κ2) is 10.3. The molecule has 0 aliphatic carbocycles. The molecule has 0 saturated carbocycles. The van der Waals surface area contributed by atoms with Crippen LogP contribution >= 0.6 is 11.7 Å². The highest BCUT2D eigenvalue weighted by Crippen LogP contribution is 2.18. The molecule has 2 aromatic rings. The Hall–Kier alpha value is -2.04. The van der Waals surface area contributed by atoms with Crippen molar-refractivity contribution in [1.82, 2.24) is 18.4 Å². The summed E-state index contributed by atoms with van der Waals surface area (Å²) < 4.78 is 36.6. The van der Waals surface area contributed by atoms with Gasteiger partial charge < -0.3 is 10.6 Å². The molecular weight excluding hydrogens is 422 g/mol. The van der Waals surface area contributed by atoms with E-state index in [1.165, 1.54) is 0 Å². The molecule has 1 aromatic carbocycles. The van der Waals surface area contributed by atoms with Gasteiger partial charge in [-0.2, -0.15) is 13.5 Å². The lowest BCUT2D eigenvalue weighted by atomic mass is 10.0. The molecular formula is C20H29N5O3S2. The van der Waals surface area contributed by atoms with Crippen molar-refractivity contribution in [3.8, 4) is 0 Å². The van der Waals surface area contributed by atoms with E-state index in [1.807, 2.05) is 6.92 Å². The van der Waals surface area contributed by atoms with Crippen LogP contribution in [0.2, 0.25) is 0 Å². The van der Waals surface area contributed by atoms with E-state index in [1.54, 1.807) is 29.2 Å². The van der Waals surface area contributed by atoms with Gasteiger partial charge in [-0.25, -0.2) is 8.42 Å². The van der Waals surface area contributed by atoms with Crippen molar-refractivity contribution < 1.29 is 13.2 Å². The van der Waals surface area contributed by atoms with Gasteiger partial charge >= 0.3 is 0 Å². The summed E-state index contributed by atoms with van der Waals surface area (Å²) in [5.74, 6) is 0.307. The zero-order valence-corrected chi connectivity index (χ0v) is 18.8. The van der Waals surface area contributed by atoms with Crippen molar-refractivity contribution in [2.75, 3.05) is 18.8 Å². The summed E-state index contributed by atoms with van der Waals surface area (Å²) in [5, 5.41) is 0. The van der Waals surface area contributed by atoms with Gasteiger partial charge in [-0.3, -0.25) is 4.79 Å². The van der Waals surface area contributed by atoms with Crippen LogP contribution in [0, 0.1) is 6.92 Å². The highest BCUT2D eigenvalue weighted by Gasteiger charge is 2.29. The van der Waals surface area contributed by atoms with Gasteiger partial charge in [0.05, 0.1) is 22.3 Å². The number of amides is 1. The lowest BCUT2D eigenvalue weighted by Crippen LogP contribution is -2.49. The molecule has 8 nitrogen and oxygen atoms in total. The number of sulfonamides is 1. The van der Waals surface area contributed by atoms with Crippen LogP contribution in [0.3, 0.4) is 0 Å². The normalized spacial score (nSPS) is 15.8. The highest BCUT2D eigenvalue weighted by molar-refractivity contribution is 7.89. The Bertz CT molecular complexity index is 938. The van der Waals surface area contributed by atoms with Crippen LogP contribution in [-0.2, 0) is 21.2 Å². The minimum atomic E-state index is -3.79. The van der Waals surface area contributed by atoms with Crippen LogP contribution in [0.5, 0.6) is 0 Å². The molecule has 3 N–H and O–H groups in total. The summed E-state index contributed by atoms with van der Waals surface area (Å²) in [4.78, 5) is 15.1. The Morgan fingerprint density at radius 2 is 1.87 bits per heavy atom. The average molecular weight is 452 g/mol. The number of nitrogens with one attached hydrogen (secondary N) is 1. The lowest BCUT2D eigenvalue weighted by Gasteiger charge is -2.30. The maximum atomic E-state index is 13.1. The number of likely N-dealkylation sites (tertiary alicyclic amines) is 1. The Kier molecular flexibility index (Phi) is 7.79. The van der Waals surface area contributed by atoms with Crippen molar-refractivity contribution in [2.45, 2.75) is 62.8 Å². The monoisotopic (exact) mass is 451 g/mol. The largest absolute Gasteiger partial charge is 0.381 e. The average Bonchev–Trinajstić information content (AvgIpc) is 3.15. The molecule has 1 aromatic heterocycles. The molecule has 0 bridgehead atoms. The van der Waals surface area contributed by atoms with Crippen molar-refractivity contribution in [1.29, 1.82) is 0 Å². The van der Waals surface area contributed by atoms with E-state index in [4.69, 9.17) is 5.73 Å².